The Morgan fingerprint density at radius 3 is 2.67 bits per heavy atom. The maximum absolute atomic E-state index is 13.8. The number of carbonyl (C=O) groups is 1. The van der Waals surface area contributed by atoms with Gasteiger partial charge in [-0.05, 0) is 50.4 Å². The fraction of sp³-hybridized carbons (Fsp3) is 0.562. The molecule has 0 aliphatic carbocycles. The Labute approximate surface area is 124 Å². The zero-order valence-electron chi connectivity index (χ0n) is 12.4. The van der Waals surface area contributed by atoms with E-state index in [-0.39, 0.29) is 11.5 Å². The van der Waals surface area contributed by atoms with E-state index in [2.05, 4.69) is 5.32 Å². The molecule has 1 amide bonds. The van der Waals surface area contributed by atoms with Gasteiger partial charge >= 0.3 is 0 Å². The van der Waals surface area contributed by atoms with E-state index in [1.807, 2.05) is 6.92 Å². The minimum absolute atomic E-state index is 0.0428. The number of hydrogen-bond donors (Lipinski definition) is 1. The number of piperidine rings is 1. The SMILES string of the molecule is CCCN(CC1CCNCC1)C(=O)c1ccc(F)cc1F. The summed E-state index contributed by atoms with van der Waals surface area (Å²) in [5, 5.41) is 3.29. The molecule has 0 aromatic heterocycles. The highest BCUT2D eigenvalue weighted by molar-refractivity contribution is 5.94. The first-order valence-electron chi connectivity index (χ1n) is 7.57. The second-order valence-electron chi connectivity index (χ2n) is 5.57. The molecule has 1 heterocycles. The van der Waals surface area contributed by atoms with Crippen molar-refractivity contribution < 1.29 is 13.6 Å². The molecule has 1 aliphatic rings. The summed E-state index contributed by atoms with van der Waals surface area (Å²) in [6.07, 6.45) is 2.87. The van der Waals surface area contributed by atoms with Crippen LogP contribution in [0, 0.1) is 17.6 Å². The van der Waals surface area contributed by atoms with Crippen LogP contribution >= 0.6 is 0 Å². The van der Waals surface area contributed by atoms with Gasteiger partial charge in [0.2, 0.25) is 0 Å². The Hall–Kier alpha value is -1.49. The smallest absolute Gasteiger partial charge is 0.256 e. The van der Waals surface area contributed by atoms with Gasteiger partial charge in [-0.15, -0.1) is 0 Å². The van der Waals surface area contributed by atoms with Crippen LogP contribution in [0.3, 0.4) is 0 Å². The number of hydrogen-bond acceptors (Lipinski definition) is 2. The summed E-state index contributed by atoms with van der Waals surface area (Å²) in [7, 11) is 0. The van der Waals surface area contributed by atoms with Crippen LogP contribution in [0.25, 0.3) is 0 Å². The van der Waals surface area contributed by atoms with Gasteiger partial charge in [0.05, 0.1) is 5.56 Å². The zero-order valence-corrected chi connectivity index (χ0v) is 12.4. The third-order valence-corrected chi connectivity index (χ3v) is 3.88. The van der Waals surface area contributed by atoms with Crippen LogP contribution in [0.15, 0.2) is 18.2 Å². The standard InChI is InChI=1S/C16H22F2N2O/c1-2-9-20(11-12-5-7-19-8-6-12)16(21)14-4-3-13(17)10-15(14)18/h3-4,10,12,19H,2,5-9,11H2,1H3. The molecule has 1 aromatic rings. The molecule has 1 aliphatic heterocycles. The van der Waals surface area contributed by atoms with Crippen LogP contribution in [-0.2, 0) is 0 Å². The Morgan fingerprint density at radius 1 is 1.33 bits per heavy atom. The van der Waals surface area contributed by atoms with E-state index < -0.39 is 11.6 Å². The Morgan fingerprint density at radius 2 is 2.05 bits per heavy atom. The van der Waals surface area contributed by atoms with Gasteiger partial charge in [-0.2, -0.15) is 0 Å². The number of carbonyl (C=O) groups excluding carboxylic acids is 1. The maximum atomic E-state index is 13.8. The van der Waals surface area contributed by atoms with Crippen molar-refractivity contribution in [2.75, 3.05) is 26.2 Å². The van der Waals surface area contributed by atoms with E-state index in [0.29, 0.717) is 19.0 Å². The molecule has 0 atom stereocenters. The van der Waals surface area contributed by atoms with E-state index >= 15 is 0 Å². The lowest BCUT2D eigenvalue weighted by molar-refractivity contribution is 0.0711. The van der Waals surface area contributed by atoms with Gasteiger partial charge in [0, 0.05) is 19.2 Å². The number of nitrogens with one attached hydrogen (secondary N) is 1. The fourth-order valence-electron chi connectivity index (χ4n) is 2.75. The van der Waals surface area contributed by atoms with E-state index in [9.17, 15) is 13.6 Å². The molecule has 116 valence electrons. The van der Waals surface area contributed by atoms with Crippen molar-refractivity contribution in [3.8, 4) is 0 Å². The van der Waals surface area contributed by atoms with E-state index in [1.165, 1.54) is 6.07 Å². The van der Waals surface area contributed by atoms with Gasteiger partial charge in [-0.1, -0.05) is 6.92 Å². The lowest BCUT2D eigenvalue weighted by atomic mass is 9.97. The Balaban J connectivity index is 2.10. The van der Waals surface area contributed by atoms with E-state index in [4.69, 9.17) is 0 Å². The average molecular weight is 296 g/mol. The van der Waals surface area contributed by atoms with Crippen molar-refractivity contribution in [2.45, 2.75) is 26.2 Å². The first-order valence-corrected chi connectivity index (χ1v) is 7.57. The summed E-state index contributed by atoms with van der Waals surface area (Å²) in [6, 6.07) is 3.13. The van der Waals surface area contributed by atoms with Crippen molar-refractivity contribution in [3.63, 3.8) is 0 Å². The van der Waals surface area contributed by atoms with Crippen LogP contribution in [0.4, 0.5) is 8.78 Å². The molecular formula is C16H22F2N2O. The van der Waals surface area contributed by atoms with Crippen molar-refractivity contribution in [1.29, 1.82) is 0 Å². The number of amides is 1. The highest BCUT2D eigenvalue weighted by Crippen LogP contribution is 2.17. The average Bonchev–Trinajstić information content (AvgIpc) is 2.47. The highest BCUT2D eigenvalue weighted by Gasteiger charge is 2.23. The van der Waals surface area contributed by atoms with Gasteiger partial charge in [0.25, 0.3) is 5.91 Å². The Bertz CT molecular complexity index is 487. The molecule has 3 nitrogen and oxygen atoms in total. The van der Waals surface area contributed by atoms with Gasteiger partial charge < -0.3 is 10.2 Å². The summed E-state index contributed by atoms with van der Waals surface area (Å²) in [5.74, 6) is -1.34. The first kappa shape index (κ1) is 15.9. The third kappa shape index (κ3) is 4.24. The predicted molar refractivity (Wildman–Crippen MR) is 78.1 cm³/mol. The van der Waals surface area contributed by atoms with Crippen LogP contribution in [0.2, 0.25) is 0 Å². The molecule has 1 aromatic carbocycles. The number of halogens is 2. The molecule has 0 radical (unpaired) electrons. The lowest BCUT2D eigenvalue weighted by Gasteiger charge is -2.30. The molecule has 0 bridgehead atoms. The Kier molecular flexibility index (Phi) is 5.67. The van der Waals surface area contributed by atoms with Gasteiger partial charge in [-0.3, -0.25) is 4.79 Å². The quantitative estimate of drug-likeness (QED) is 0.906. The number of nitrogens with zero attached hydrogens (tertiary/aromatic N) is 1. The van der Waals surface area contributed by atoms with Crippen LogP contribution < -0.4 is 5.32 Å². The maximum Gasteiger partial charge on any atom is 0.256 e. The predicted octanol–water partition coefficient (Wildman–Crippen LogP) is 2.82. The summed E-state index contributed by atoms with van der Waals surface area (Å²) in [6.45, 7) is 5.15. The number of rotatable bonds is 5. The van der Waals surface area contributed by atoms with Crippen molar-refractivity contribution in [3.05, 3.63) is 35.4 Å². The molecule has 1 fully saturated rings. The van der Waals surface area contributed by atoms with Crippen molar-refractivity contribution >= 4 is 5.91 Å². The van der Waals surface area contributed by atoms with Crippen LogP contribution in [0.5, 0.6) is 0 Å². The molecular weight excluding hydrogens is 274 g/mol. The van der Waals surface area contributed by atoms with Gasteiger partial charge in [0.15, 0.2) is 0 Å². The minimum atomic E-state index is -0.786. The summed E-state index contributed by atoms with van der Waals surface area (Å²) in [4.78, 5) is 14.2. The van der Waals surface area contributed by atoms with Gasteiger partial charge in [-0.25, -0.2) is 8.78 Å². The molecule has 1 N–H and O–H groups in total. The number of benzene rings is 1. The lowest BCUT2D eigenvalue weighted by Crippen LogP contribution is -2.40. The zero-order chi connectivity index (χ0) is 15.2. The highest BCUT2D eigenvalue weighted by atomic mass is 19.1. The third-order valence-electron chi connectivity index (χ3n) is 3.88. The molecule has 21 heavy (non-hydrogen) atoms. The summed E-state index contributed by atoms with van der Waals surface area (Å²) >= 11 is 0. The second kappa shape index (κ2) is 7.50. The molecule has 2 rings (SSSR count). The fourth-order valence-corrected chi connectivity index (χ4v) is 2.75. The van der Waals surface area contributed by atoms with Crippen molar-refractivity contribution in [2.24, 2.45) is 5.92 Å². The molecule has 0 spiro atoms. The molecule has 1 saturated heterocycles. The summed E-state index contributed by atoms with van der Waals surface area (Å²) < 4.78 is 26.7. The van der Waals surface area contributed by atoms with Crippen LogP contribution in [-0.4, -0.2) is 37.0 Å². The minimum Gasteiger partial charge on any atom is -0.338 e. The van der Waals surface area contributed by atoms with Crippen molar-refractivity contribution in [1.82, 2.24) is 10.2 Å². The van der Waals surface area contributed by atoms with E-state index in [0.717, 1.165) is 44.5 Å². The normalized spacial score (nSPS) is 16.0. The largest absolute Gasteiger partial charge is 0.338 e. The topological polar surface area (TPSA) is 32.3 Å². The second-order valence-corrected chi connectivity index (χ2v) is 5.57. The molecule has 0 saturated carbocycles. The van der Waals surface area contributed by atoms with E-state index in [1.54, 1.807) is 4.90 Å². The van der Waals surface area contributed by atoms with Gasteiger partial charge in [0.1, 0.15) is 11.6 Å². The monoisotopic (exact) mass is 296 g/mol. The first-order chi connectivity index (χ1) is 10.1. The summed E-state index contributed by atoms with van der Waals surface area (Å²) in [5.41, 5.74) is -0.0428. The molecule has 0 unspecified atom stereocenters. The molecule has 5 heteroatoms. The van der Waals surface area contributed by atoms with Crippen LogP contribution in [0.1, 0.15) is 36.5 Å².